The van der Waals surface area contributed by atoms with Gasteiger partial charge in [-0.2, -0.15) is 5.26 Å². The van der Waals surface area contributed by atoms with E-state index in [1.807, 2.05) is 6.07 Å². The third-order valence-electron chi connectivity index (χ3n) is 1.74. The quantitative estimate of drug-likeness (QED) is 0.805. The van der Waals surface area contributed by atoms with Crippen LogP contribution in [0, 0.1) is 11.3 Å². The van der Waals surface area contributed by atoms with Gasteiger partial charge in [0.25, 0.3) is 0 Å². The van der Waals surface area contributed by atoms with Crippen molar-refractivity contribution in [3.8, 4) is 6.07 Å². The van der Waals surface area contributed by atoms with Crippen molar-refractivity contribution >= 4 is 23.2 Å². The van der Waals surface area contributed by atoms with E-state index >= 15 is 0 Å². The van der Waals surface area contributed by atoms with Crippen LogP contribution in [0.5, 0.6) is 0 Å². The number of nitrogens with zero attached hydrogens (tertiary/aromatic N) is 1. The summed E-state index contributed by atoms with van der Waals surface area (Å²) in [6.07, 6.45) is 0.498. The maximum atomic E-state index is 8.32. The van der Waals surface area contributed by atoms with E-state index in [1.165, 1.54) is 0 Å². The van der Waals surface area contributed by atoms with Crippen LogP contribution in [0.3, 0.4) is 0 Å². The van der Waals surface area contributed by atoms with Crippen LogP contribution in [0.1, 0.15) is 12.0 Å². The van der Waals surface area contributed by atoms with E-state index in [-0.39, 0.29) is 0 Å². The van der Waals surface area contributed by atoms with Crippen LogP contribution >= 0.6 is 23.2 Å². The molecule has 4 heteroatoms. The fraction of sp³-hybridized carbons (Fsp3) is 0.300. The monoisotopic (exact) mass is 228 g/mol. The van der Waals surface area contributed by atoms with E-state index in [4.69, 9.17) is 28.5 Å². The zero-order chi connectivity index (χ0) is 10.4. The van der Waals surface area contributed by atoms with Gasteiger partial charge in [-0.05, 0) is 23.8 Å². The number of nitrogens with one attached hydrogen (secondary N) is 1. The van der Waals surface area contributed by atoms with Gasteiger partial charge in [-0.3, -0.25) is 0 Å². The van der Waals surface area contributed by atoms with Gasteiger partial charge in [-0.15, -0.1) is 0 Å². The summed E-state index contributed by atoms with van der Waals surface area (Å²) in [7, 11) is 0. The van der Waals surface area contributed by atoms with E-state index in [0.29, 0.717) is 29.6 Å². The average Bonchev–Trinajstić information content (AvgIpc) is 2.18. The van der Waals surface area contributed by atoms with Crippen LogP contribution in [-0.4, -0.2) is 6.54 Å². The second kappa shape index (κ2) is 5.87. The molecular weight excluding hydrogens is 219 g/mol. The summed E-state index contributed by atoms with van der Waals surface area (Å²) in [6, 6.07) is 7.40. The van der Waals surface area contributed by atoms with Crippen LogP contribution in [0.4, 0.5) is 0 Å². The maximum Gasteiger partial charge on any atom is 0.0635 e. The first-order chi connectivity index (χ1) is 6.74. The molecule has 0 saturated carbocycles. The number of nitriles is 1. The Morgan fingerprint density at radius 2 is 2.14 bits per heavy atom. The molecule has 0 atom stereocenters. The summed E-state index contributed by atoms with van der Waals surface area (Å²) in [5.74, 6) is 0. The average molecular weight is 229 g/mol. The van der Waals surface area contributed by atoms with E-state index in [1.54, 1.807) is 12.1 Å². The zero-order valence-electron chi connectivity index (χ0n) is 7.56. The molecule has 2 nitrogen and oxygen atoms in total. The highest BCUT2D eigenvalue weighted by Gasteiger charge is 2.00. The van der Waals surface area contributed by atoms with Crippen molar-refractivity contribution in [3.63, 3.8) is 0 Å². The predicted molar refractivity (Wildman–Crippen MR) is 58.4 cm³/mol. The second-order valence-corrected chi connectivity index (χ2v) is 3.66. The molecule has 14 heavy (non-hydrogen) atoms. The highest BCUT2D eigenvalue weighted by Crippen LogP contribution is 2.20. The predicted octanol–water partition coefficient (Wildman–Crippen LogP) is 3.00. The van der Waals surface area contributed by atoms with Crippen molar-refractivity contribution in [3.05, 3.63) is 33.8 Å². The molecule has 0 amide bonds. The lowest BCUT2D eigenvalue weighted by Gasteiger charge is -2.05. The molecule has 0 radical (unpaired) electrons. The van der Waals surface area contributed by atoms with Crippen molar-refractivity contribution in [2.24, 2.45) is 0 Å². The molecule has 74 valence electrons. The van der Waals surface area contributed by atoms with Crippen molar-refractivity contribution < 1.29 is 0 Å². The van der Waals surface area contributed by atoms with Gasteiger partial charge < -0.3 is 5.32 Å². The number of hydrogen-bond acceptors (Lipinski definition) is 2. The van der Waals surface area contributed by atoms with Gasteiger partial charge in [0.05, 0.1) is 6.07 Å². The lowest BCUT2D eigenvalue weighted by atomic mass is 10.2. The minimum atomic E-state index is 0.498. The number of hydrogen-bond donors (Lipinski definition) is 1. The molecular formula is C10H10Cl2N2. The first-order valence-corrected chi connectivity index (χ1v) is 5.01. The van der Waals surface area contributed by atoms with Crippen LogP contribution in [0.15, 0.2) is 18.2 Å². The standard InChI is InChI=1S/C10H10Cl2N2/c11-9-2-3-10(12)8(6-9)7-14-5-1-4-13/h2-3,6,14H,1,5,7H2. The summed E-state index contributed by atoms with van der Waals surface area (Å²) in [4.78, 5) is 0. The molecule has 0 fully saturated rings. The van der Waals surface area contributed by atoms with E-state index in [2.05, 4.69) is 11.4 Å². The van der Waals surface area contributed by atoms with Gasteiger partial charge in [-0.25, -0.2) is 0 Å². The first kappa shape index (κ1) is 11.3. The highest BCUT2D eigenvalue weighted by molar-refractivity contribution is 6.33. The fourth-order valence-corrected chi connectivity index (χ4v) is 1.43. The Morgan fingerprint density at radius 3 is 2.86 bits per heavy atom. The van der Waals surface area contributed by atoms with Gasteiger partial charge in [0.15, 0.2) is 0 Å². The first-order valence-electron chi connectivity index (χ1n) is 4.25. The topological polar surface area (TPSA) is 35.8 Å². The number of halogens is 2. The molecule has 0 aromatic heterocycles. The maximum absolute atomic E-state index is 8.32. The summed E-state index contributed by atoms with van der Waals surface area (Å²) in [6.45, 7) is 1.31. The Labute approximate surface area is 93.4 Å². The van der Waals surface area contributed by atoms with Crippen LogP contribution < -0.4 is 5.32 Å². The van der Waals surface area contributed by atoms with Crippen LogP contribution in [0.2, 0.25) is 10.0 Å². The fourth-order valence-electron chi connectivity index (χ4n) is 1.05. The van der Waals surface area contributed by atoms with Crippen molar-refractivity contribution in [2.75, 3.05) is 6.54 Å². The van der Waals surface area contributed by atoms with Gasteiger partial charge in [0, 0.05) is 29.6 Å². The Kier molecular flexibility index (Phi) is 4.75. The Morgan fingerprint density at radius 1 is 1.36 bits per heavy atom. The molecule has 0 aliphatic carbocycles. The third kappa shape index (κ3) is 3.55. The van der Waals surface area contributed by atoms with E-state index in [0.717, 1.165) is 5.56 Å². The van der Waals surface area contributed by atoms with E-state index < -0.39 is 0 Å². The van der Waals surface area contributed by atoms with Crippen molar-refractivity contribution in [1.29, 1.82) is 5.26 Å². The summed E-state index contributed by atoms with van der Waals surface area (Å²) >= 11 is 11.8. The minimum Gasteiger partial charge on any atom is -0.312 e. The molecule has 0 unspecified atom stereocenters. The summed E-state index contributed by atoms with van der Waals surface area (Å²) < 4.78 is 0. The third-order valence-corrected chi connectivity index (χ3v) is 2.34. The lowest BCUT2D eigenvalue weighted by molar-refractivity contribution is 0.699. The van der Waals surface area contributed by atoms with Crippen molar-refractivity contribution in [1.82, 2.24) is 5.32 Å². The number of benzene rings is 1. The van der Waals surface area contributed by atoms with Gasteiger partial charge >= 0.3 is 0 Å². The smallest absolute Gasteiger partial charge is 0.0635 e. The normalized spacial score (nSPS) is 9.79. The highest BCUT2D eigenvalue weighted by atomic mass is 35.5. The molecule has 1 rings (SSSR count). The van der Waals surface area contributed by atoms with Gasteiger partial charge in [0.2, 0.25) is 0 Å². The van der Waals surface area contributed by atoms with E-state index in [9.17, 15) is 0 Å². The molecule has 0 spiro atoms. The van der Waals surface area contributed by atoms with Gasteiger partial charge in [-0.1, -0.05) is 23.2 Å². The SMILES string of the molecule is N#CCCNCc1cc(Cl)ccc1Cl. The second-order valence-electron chi connectivity index (χ2n) is 2.82. The Bertz CT molecular complexity index is 344. The molecule has 1 aromatic carbocycles. The lowest BCUT2D eigenvalue weighted by Crippen LogP contribution is -2.14. The largest absolute Gasteiger partial charge is 0.312 e. The van der Waals surface area contributed by atoms with Crippen LogP contribution in [-0.2, 0) is 6.54 Å². The molecule has 1 aromatic rings. The molecule has 0 bridgehead atoms. The summed E-state index contributed by atoms with van der Waals surface area (Å²) in [5.41, 5.74) is 0.956. The Hall–Kier alpha value is -0.750. The van der Waals surface area contributed by atoms with Crippen molar-refractivity contribution in [2.45, 2.75) is 13.0 Å². The molecule has 0 aliphatic rings. The molecule has 0 saturated heterocycles. The van der Waals surface area contributed by atoms with Crippen LogP contribution in [0.25, 0.3) is 0 Å². The molecule has 1 N–H and O–H groups in total. The number of rotatable bonds is 4. The minimum absolute atomic E-state index is 0.498. The molecule has 0 aliphatic heterocycles. The zero-order valence-corrected chi connectivity index (χ0v) is 9.07. The molecule has 0 heterocycles. The Balaban J connectivity index is 2.50. The summed E-state index contributed by atoms with van der Waals surface area (Å²) in [5, 5.41) is 12.8. The van der Waals surface area contributed by atoms with Gasteiger partial charge in [0.1, 0.15) is 0 Å².